The molecule has 2 aliphatic heterocycles. The van der Waals surface area contributed by atoms with Crippen molar-refractivity contribution >= 4 is 5.91 Å². The molecule has 4 unspecified atom stereocenters. The minimum absolute atomic E-state index is 0.115. The second-order valence-corrected chi connectivity index (χ2v) is 10.6. The van der Waals surface area contributed by atoms with Crippen LogP contribution in [-0.2, 0) is 17.8 Å². The summed E-state index contributed by atoms with van der Waals surface area (Å²) in [5, 5.41) is 0. The molecule has 5 atom stereocenters. The highest BCUT2D eigenvalue weighted by molar-refractivity contribution is 5.73. The van der Waals surface area contributed by atoms with Gasteiger partial charge in [-0.05, 0) is 44.6 Å². The number of hydrogen-bond donors (Lipinski definition) is 1. The number of imidazole rings is 1. The molecule has 6 rings (SSSR count). The fourth-order valence-electron chi connectivity index (χ4n) is 7.45. The lowest BCUT2D eigenvalue weighted by Crippen LogP contribution is -2.74. The fraction of sp³-hybridized carbons (Fsp3) is 0.615. The molecule has 2 saturated carbocycles. The minimum Gasteiger partial charge on any atom is -0.337 e. The molecular weight excluding hydrogens is 398 g/mol. The monoisotopic (exact) mass is 433 g/mol. The highest BCUT2D eigenvalue weighted by atomic mass is 16.2. The van der Waals surface area contributed by atoms with Crippen molar-refractivity contribution in [2.45, 2.75) is 83.1 Å². The first-order valence-corrected chi connectivity index (χ1v) is 12.4. The van der Waals surface area contributed by atoms with Crippen LogP contribution in [0.5, 0.6) is 0 Å². The zero-order valence-corrected chi connectivity index (χ0v) is 19.3. The Balaban J connectivity index is 1.18. The first-order chi connectivity index (χ1) is 15.5. The van der Waals surface area contributed by atoms with Gasteiger partial charge in [0.1, 0.15) is 5.82 Å². The summed E-state index contributed by atoms with van der Waals surface area (Å²) < 4.78 is 2.51. The van der Waals surface area contributed by atoms with Crippen LogP contribution in [0, 0.1) is 12.3 Å². The van der Waals surface area contributed by atoms with E-state index in [0.717, 1.165) is 44.3 Å². The molecule has 2 N–H and O–H groups in total. The number of carbonyl (C=O) groups is 1. The number of likely N-dealkylation sites (tertiary alicyclic amines) is 1. The predicted octanol–water partition coefficient (Wildman–Crippen LogP) is 3.35. The molecule has 2 aliphatic carbocycles. The molecular formula is C26H35N5O. The average molecular weight is 434 g/mol. The van der Waals surface area contributed by atoms with Crippen LogP contribution in [0.2, 0.25) is 0 Å². The molecule has 1 aromatic carbocycles. The van der Waals surface area contributed by atoms with E-state index in [9.17, 15) is 4.79 Å². The van der Waals surface area contributed by atoms with Gasteiger partial charge < -0.3 is 15.2 Å². The normalized spacial score (nSPS) is 31.8. The van der Waals surface area contributed by atoms with Crippen LogP contribution in [0.25, 0.3) is 0 Å². The molecule has 6 heteroatoms. The minimum atomic E-state index is 0.115. The summed E-state index contributed by atoms with van der Waals surface area (Å²) in [6.45, 7) is 6.46. The van der Waals surface area contributed by atoms with E-state index in [0.29, 0.717) is 17.5 Å². The lowest BCUT2D eigenvalue weighted by atomic mass is 9.53. The number of hydrogen-bond acceptors (Lipinski definition) is 4. The van der Waals surface area contributed by atoms with Gasteiger partial charge in [-0.25, -0.2) is 4.98 Å². The maximum atomic E-state index is 12.0. The Hall–Kier alpha value is -2.18. The van der Waals surface area contributed by atoms with Crippen LogP contribution in [0.4, 0.5) is 0 Å². The molecule has 170 valence electrons. The Morgan fingerprint density at radius 3 is 2.81 bits per heavy atom. The Morgan fingerprint density at radius 2 is 2.09 bits per heavy atom. The predicted molar refractivity (Wildman–Crippen MR) is 124 cm³/mol. The van der Waals surface area contributed by atoms with Gasteiger partial charge in [0.2, 0.25) is 5.91 Å². The number of rotatable bonds is 5. The van der Waals surface area contributed by atoms with Gasteiger partial charge in [0, 0.05) is 56.0 Å². The number of piperidine rings is 1. The van der Waals surface area contributed by atoms with Gasteiger partial charge in [-0.2, -0.15) is 0 Å². The van der Waals surface area contributed by atoms with E-state index in [2.05, 4.69) is 46.7 Å². The SMILES string of the molecule is CC(=O)N1CCc2nc(C)n(C3CC4N(CC[C@H](N)c5ccccc5)C5CCC54C3)c2C1. The Labute approximate surface area is 190 Å². The molecule has 1 amide bonds. The van der Waals surface area contributed by atoms with Crippen molar-refractivity contribution in [1.82, 2.24) is 19.4 Å². The topological polar surface area (TPSA) is 67.4 Å². The van der Waals surface area contributed by atoms with E-state index in [4.69, 9.17) is 10.7 Å². The molecule has 4 aliphatic rings. The van der Waals surface area contributed by atoms with E-state index < -0.39 is 0 Å². The quantitative estimate of drug-likeness (QED) is 0.785. The summed E-state index contributed by atoms with van der Waals surface area (Å²) in [6, 6.07) is 12.6. The number of nitrogens with zero attached hydrogens (tertiary/aromatic N) is 4. The molecule has 0 radical (unpaired) electrons. The van der Waals surface area contributed by atoms with Crippen molar-refractivity contribution < 1.29 is 4.79 Å². The summed E-state index contributed by atoms with van der Waals surface area (Å²) in [5.74, 6) is 1.31. The second-order valence-electron chi connectivity index (χ2n) is 10.6. The van der Waals surface area contributed by atoms with E-state index in [1.165, 1.54) is 42.6 Å². The van der Waals surface area contributed by atoms with Gasteiger partial charge in [0.05, 0.1) is 17.9 Å². The maximum absolute atomic E-state index is 12.0. The highest BCUT2D eigenvalue weighted by Crippen LogP contribution is 2.67. The molecule has 3 heterocycles. The largest absolute Gasteiger partial charge is 0.337 e. The number of nitrogens with two attached hydrogens (primary N) is 1. The van der Waals surface area contributed by atoms with Gasteiger partial charge in [0.15, 0.2) is 0 Å². The number of fused-ring (bicyclic) bond motifs is 1. The average Bonchev–Trinajstić information content (AvgIpc) is 3.32. The third-order valence-corrected chi connectivity index (χ3v) is 9.09. The van der Waals surface area contributed by atoms with Crippen LogP contribution in [0.15, 0.2) is 30.3 Å². The van der Waals surface area contributed by atoms with Crippen molar-refractivity contribution in [2.24, 2.45) is 11.1 Å². The van der Waals surface area contributed by atoms with Crippen LogP contribution in [-0.4, -0.2) is 50.4 Å². The molecule has 0 bridgehead atoms. The summed E-state index contributed by atoms with van der Waals surface area (Å²) >= 11 is 0. The van der Waals surface area contributed by atoms with Crippen molar-refractivity contribution in [2.75, 3.05) is 13.1 Å². The van der Waals surface area contributed by atoms with Gasteiger partial charge in [-0.1, -0.05) is 30.3 Å². The maximum Gasteiger partial charge on any atom is 0.219 e. The van der Waals surface area contributed by atoms with E-state index >= 15 is 0 Å². The van der Waals surface area contributed by atoms with Crippen molar-refractivity contribution in [3.63, 3.8) is 0 Å². The number of aryl methyl sites for hydroxylation is 1. The Bertz CT molecular complexity index is 1030. The van der Waals surface area contributed by atoms with Gasteiger partial charge in [0.25, 0.3) is 0 Å². The summed E-state index contributed by atoms with van der Waals surface area (Å²) in [5.41, 5.74) is 10.8. The van der Waals surface area contributed by atoms with Crippen molar-refractivity contribution in [3.05, 3.63) is 53.1 Å². The molecule has 1 saturated heterocycles. The Kier molecular flexibility index (Phi) is 4.74. The van der Waals surface area contributed by atoms with E-state index in [1.54, 1.807) is 6.92 Å². The fourth-order valence-corrected chi connectivity index (χ4v) is 7.45. The standard InChI is InChI=1S/C26H35N5O/c1-17-28-22-10-12-29(18(2)32)16-23(22)31(17)20-14-25-26(15-20)11-8-24(26)30(25)13-9-21(27)19-6-4-3-5-7-19/h3-7,20-21,24-25H,8-16,27H2,1-2H3/t20?,21-,24?,25?,26?/m0/s1. The third-order valence-electron chi connectivity index (χ3n) is 9.09. The summed E-state index contributed by atoms with van der Waals surface area (Å²) in [7, 11) is 0. The van der Waals surface area contributed by atoms with Crippen molar-refractivity contribution in [3.8, 4) is 0 Å². The van der Waals surface area contributed by atoms with E-state index in [1.807, 2.05) is 4.90 Å². The lowest BCUT2D eigenvalue weighted by Gasteiger charge is -2.68. The molecule has 6 nitrogen and oxygen atoms in total. The first kappa shape index (κ1) is 20.4. The van der Waals surface area contributed by atoms with Crippen LogP contribution in [0.3, 0.4) is 0 Å². The van der Waals surface area contributed by atoms with Crippen LogP contribution >= 0.6 is 0 Å². The van der Waals surface area contributed by atoms with E-state index in [-0.39, 0.29) is 11.9 Å². The number of aromatic nitrogens is 2. The highest BCUT2D eigenvalue weighted by Gasteiger charge is 2.69. The summed E-state index contributed by atoms with van der Waals surface area (Å²) in [6.07, 6.45) is 7.09. The lowest BCUT2D eigenvalue weighted by molar-refractivity contribution is -0.188. The van der Waals surface area contributed by atoms with Crippen LogP contribution in [0.1, 0.15) is 73.9 Å². The zero-order valence-electron chi connectivity index (χ0n) is 19.3. The van der Waals surface area contributed by atoms with Gasteiger partial charge in [-0.15, -0.1) is 0 Å². The molecule has 2 aromatic rings. The molecule has 1 spiro atoms. The Morgan fingerprint density at radius 1 is 1.28 bits per heavy atom. The zero-order chi connectivity index (χ0) is 22.0. The van der Waals surface area contributed by atoms with Gasteiger partial charge >= 0.3 is 0 Å². The molecule has 32 heavy (non-hydrogen) atoms. The number of benzene rings is 1. The van der Waals surface area contributed by atoms with Gasteiger partial charge in [-0.3, -0.25) is 9.69 Å². The van der Waals surface area contributed by atoms with Crippen molar-refractivity contribution in [1.29, 1.82) is 0 Å². The summed E-state index contributed by atoms with van der Waals surface area (Å²) in [4.78, 5) is 21.7. The third kappa shape index (κ3) is 2.92. The number of amides is 1. The van der Waals surface area contributed by atoms with Crippen LogP contribution < -0.4 is 5.73 Å². The first-order valence-electron chi connectivity index (χ1n) is 12.4. The molecule has 1 aromatic heterocycles. The number of carbonyl (C=O) groups excluding carboxylic acids is 1. The second kappa shape index (κ2) is 7.42. The smallest absolute Gasteiger partial charge is 0.219 e. The molecule has 3 fully saturated rings.